The van der Waals surface area contributed by atoms with Crippen molar-refractivity contribution < 1.29 is 18.3 Å². The number of nitrogen functional groups attached to an aromatic ring is 1. The van der Waals surface area contributed by atoms with Crippen molar-refractivity contribution in [2.24, 2.45) is 0 Å². The van der Waals surface area contributed by atoms with Crippen molar-refractivity contribution in [3.8, 4) is 0 Å². The highest BCUT2D eigenvalue weighted by molar-refractivity contribution is 7.90. The Labute approximate surface area is 86.4 Å². The molecule has 1 rings (SSSR count). The van der Waals surface area contributed by atoms with E-state index in [-0.39, 0.29) is 23.7 Å². The molecular formula is C7H11N3O4S. The van der Waals surface area contributed by atoms with Gasteiger partial charge in [0.1, 0.15) is 9.84 Å². The van der Waals surface area contributed by atoms with Gasteiger partial charge in [-0.2, -0.15) is 5.10 Å². The standard InChI is InChI=1S/C7H11N3O4S/c1-15(13,14)3-2-10-4-5(8)6(9-10)7(11)12/h4H,2-3,8H2,1H3,(H,11,12). The van der Waals surface area contributed by atoms with Crippen molar-refractivity contribution in [2.75, 3.05) is 17.7 Å². The summed E-state index contributed by atoms with van der Waals surface area (Å²) < 4.78 is 22.9. The lowest BCUT2D eigenvalue weighted by molar-refractivity contribution is 0.0690. The molecule has 0 unspecified atom stereocenters. The van der Waals surface area contributed by atoms with Crippen LogP contribution in [0.15, 0.2) is 6.20 Å². The number of nitrogens with two attached hydrogens (primary N) is 1. The minimum atomic E-state index is -3.10. The fourth-order valence-corrected chi connectivity index (χ4v) is 1.50. The molecule has 0 aliphatic carbocycles. The molecule has 0 spiro atoms. The van der Waals surface area contributed by atoms with E-state index in [0.29, 0.717) is 0 Å². The van der Waals surface area contributed by atoms with Crippen molar-refractivity contribution >= 4 is 21.5 Å². The van der Waals surface area contributed by atoms with Crippen LogP contribution >= 0.6 is 0 Å². The number of sulfone groups is 1. The van der Waals surface area contributed by atoms with Gasteiger partial charge in [-0.05, 0) is 0 Å². The summed E-state index contributed by atoms with van der Waals surface area (Å²) in [6.45, 7) is 0.0936. The van der Waals surface area contributed by atoms with Crippen molar-refractivity contribution in [3.63, 3.8) is 0 Å². The van der Waals surface area contributed by atoms with E-state index >= 15 is 0 Å². The van der Waals surface area contributed by atoms with Gasteiger partial charge in [0.2, 0.25) is 0 Å². The van der Waals surface area contributed by atoms with Crippen LogP contribution in [0.1, 0.15) is 10.5 Å². The number of aryl methyl sites for hydroxylation is 1. The maximum absolute atomic E-state index is 10.8. The average Bonchev–Trinajstić information content (AvgIpc) is 2.42. The van der Waals surface area contributed by atoms with E-state index in [2.05, 4.69) is 5.10 Å². The van der Waals surface area contributed by atoms with Gasteiger partial charge in [0.25, 0.3) is 0 Å². The number of aromatic nitrogens is 2. The molecule has 0 amide bonds. The molecular weight excluding hydrogens is 222 g/mol. The van der Waals surface area contributed by atoms with Crippen LogP contribution in [0.4, 0.5) is 5.69 Å². The van der Waals surface area contributed by atoms with E-state index in [1.165, 1.54) is 10.9 Å². The summed E-state index contributed by atoms with van der Waals surface area (Å²) in [4.78, 5) is 10.6. The fraction of sp³-hybridized carbons (Fsp3) is 0.429. The van der Waals surface area contributed by atoms with Crippen molar-refractivity contribution in [1.82, 2.24) is 9.78 Å². The maximum Gasteiger partial charge on any atom is 0.358 e. The minimum Gasteiger partial charge on any atom is -0.476 e. The lowest BCUT2D eigenvalue weighted by Gasteiger charge is -1.98. The van der Waals surface area contributed by atoms with Crippen LogP contribution in [0, 0.1) is 0 Å². The number of hydrogen-bond donors (Lipinski definition) is 2. The molecule has 0 saturated carbocycles. The van der Waals surface area contributed by atoms with E-state index in [1.807, 2.05) is 0 Å². The lowest BCUT2D eigenvalue weighted by Crippen LogP contribution is -2.12. The van der Waals surface area contributed by atoms with Gasteiger partial charge in [0, 0.05) is 12.5 Å². The zero-order valence-electron chi connectivity index (χ0n) is 8.04. The highest BCUT2D eigenvalue weighted by Gasteiger charge is 2.13. The van der Waals surface area contributed by atoms with Crippen molar-refractivity contribution in [3.05, 3.63) is 11.9 Å². The van der Waals surface area contributed by atoms with Gasteiger partial charge in [0.05, 0.1) is 18.0 Å². The molecule has 0 aromatic carbocycles. The molecule has 7 nitrogen and oxygen atoms in total. The highest BCUT2D eigenvalue weighted by Crippen LogP contribution is 2.08. The Morgan fingerprint density at radius 3 is 2.67 bits per heavy atom. The summed E-state index contributed by atoms with van der Waals surface area (Å²) in [5.74, 6) is -1.33. The van der Waals surface area contributed by atoms with Crippen LogP contribution in [0.2, 0.25) is 0 Å². The molecule has 0 aliphatic rings. The van der Waals surface area contributed by atoms with Gasteiger partial charge < -0.3 is 10.8 Å². The number of anilines is 1. The smallest absolute Gasteiger partial charge is 0.358 e. The first-order valence-corrected chi connectivity index (χ1v) is 6.09. The summed E-state index contributed by atoms with van der Waals surface area (Å²) in [5.41, 5.74) is 5.13. The van der Waals surface area contributed by atoms with Gasteiger partial charge in [0.15, 0.2) is 5.69 Å². The Kier molecular flexibility index (Phi) is 2.98. The van der Waals surface area contributed by atoms with Crippen LogP contribution in [-0.2, 0) is 16.4 Å². The summed E-state index contributed by atoms with van der Waals surface area (Å²) >= 11 is 0. The Morgan fingerprint density at radius 1 is 1.67 bits per heavy atom. The minimum absolute atomic E-state index is 0.0241. The second kappa shape index (κ2) is 3.89. The fourth-order valence-electron chi connectivity index (χ4n) is 0.977. The third-order valence-electron chi connectivity index (χ3n) is 1.68. The monoisotopic (exact) mass is 233 g/mol. The third-order valence-corrected chi connectivity index (χ3v) is 2.61. The summed E-state index contributed by atoms with van der Waals surface area (Å²) in [6.07, 6.45) is 2.40. The summed E-state index contributed by atoms with van der Waals surface area (Å²) in [6, 6.07) is 0. The average molecular weight is 233 g/mol. The highest BCUT2D eigenvalue weighted by atomic mass is 32.2. The predicted octanol–water partition coefficient (Wildman–Crippen LogP) is -0.792. The third kappa shape index (κ3) is 3.24. The zero-order chi connectivity index (χ0) is 11.6. The van der Waals surface area contributed by atoms with Crippen molar-refractivity contribution in [1.29, 1.82) is 0 Å². The summed E-state index contributed by atoms with van der Waals surface area (Å²) in [5, 5.41) is 12.3. The number of hydrogen-bond acceptors (Lipinski definition) is 5. The van der Waals surface area contributed by atoms with Crippen molar-refractivity contribution in [2.45, 2.75) is 6.54 Å². The van der Waals surface area contributed by atoms with E-state index in [1.54, 1.807) is 0 Å². The molecule has 1 aromatic rings. The Hall–Kier alpha value is -1.57. The molecule has 3 N–H and O–H groups in total. The number of rotatable bonds is 4. The van der Waals surface area contributed by atoms with E-state index in [9.17, 15) is 13.2 Å². The second-order valence-electron chi connectivity index (χ2n) is 3.13. The molecule has 1 heterocycles. The summed E-state index contributed by atoms with van der Waals surface area (Å²) in [7, 11) is -3.10. The Morgan fingerprint density at radius 2 is 2.27 bits per heavy atom. The predicted molar refractivity (Wildman–Crippen MR) is 53.3 cm³/mol. The van der Waals surface area contributed by atoms with Gasteiger partial charge in [-0.25, -0.2) is 13.2 Å². The van der Waals surface area contributed by atoms with Crippen LogP contribution in [0.25, 0.3) is 0 Å². The van der Waals surface area contributed by atoms with Crippen LogP contribution < -0.4 is 5.73 Å². The largest absolute Gasteiger partial charge is 0.476 e. The number of aromatic carboxylic acids is 1. The molecule has 8 heteroatoms. The molecule has 1 aromatic heterocycles. The normalized spacial score (nSPS) is 11.5. The first-order valence-electron chi connectivity index (χ1n) is 4.03. The molecule has 0 saturated heterocycles. The molecule has 0 aliphatic heterocycles. The topological polar surface area (TPSA) is 115 Å². The van der Waals surface area contributed by atoms with Crippen LogP contribution in [0.5, 0.6) is 0 Å². The number of carbonyl (C=O) groups is 1. The molecule has 0 atom stereocenters. The van der Waals surface area contributed by atoms with E-state index in [4.69, 9.17) is 10.8 Å². The van der Waals surface area contributed by atoms with E-state index < -0.39 is 15.8 Å². The number of carboxylic acid groups (broad SMARTS) is 1. The van der Waals surface area contributed by atoms with Gasteiger partial charge >= 0.3 is 5.97 Å². The SMILES string of the molecule is CS(=O)(=O)CCn1cc(N)c(C(=O)O)n1. The Balaban J connectivity index is 2.81. The second-order valence-corrected chi connectivity index (χ2v) is 5.39. The molecule has 84 valence electrons. The number of nitrogens with zero attached hydrogens (tertiary/aromatic N) is 2. The first-order chi connectivity index (χ1) is 6.79. The van der Waals surface area contributed by atoms with Crippen LogP contribution in [0.3, 0.4) is 0 Å². The maximum atomic E-state index is 10.8. The Bertz CT molecular complexity index is 476. The van der Waals surface area contributed by atoms with Crippen LogP contribution in [-0.4, -0.2) is 41.3 Å². The van der Waals surface area contributed by atoms with E-state index in [0.717, 1.165) is 6.26 Å². The van der Waals surface area contributed by atoms with Gasteiger partial charge in [-0.1, -0.05) is 0 Å². The molecule has 0 bridgehead atoms. The molecule has 0 fully saturated rings. The van der Waals surface area contributed by atoms with Gasteiger partial charge in [-0.3, -0.25) is 4.68 Å². The zero-order valence-corrected chi connectivity index (χ0v) is 8.86. The first kappa shape index (κ1) is 11.5. The quantitative estimate of drug-likeness (QED) is 0.704. The molecule has 0 radical (unpaired) electrons. The van der Waals surface area contributed by atoms with Gasteiger partial charge in [-0.15, -0.1) is 0 Å². The molecule has 15 heavy (non-hydrogen) atoms. The lowest BCUT2D eigenvalue weighted by atomic mass is 10.4. The number of carboxylic acids is 1.